The van der Waals surface area contributed by atoms with Crippen LogP contribution in [0.5, 0.6) is 5.75 Å². The lowest BCUT2D eigenvalue weighted by Gasteiger charge is -2.10. The van der Waals surface area contributed by atoms with Gasteiger partial charge in [0.25, 0.3) is 0 Å². The SMILES string of the molecule is Oc1ccc(Nc2nccn3c(-c4cn[nH]c4)cnc23)cc1-c1ccn[nH]1. The number of aromatic amines is 2. The number of fused-ring (bicyclic) bond motifs is 1. The first-order chi connectivity index (χ1) is 13.3. The van der Waals surface area contributed by atoms with Crippen molar-refractivity contribution in [2.24, 2.45) is 0 Å². The lowest BCUT2D eigenvalue weighted by Crippen LogP contribution is -1.98. The van der Waals surface area contributed by atoms with Gasteiger partial charge in [0.2, 0.25) is 0 Å². The van der Waals surface area contributed by atoms with Crippen LogP contribution in [0.4, 0.5) is 11.5 Å². The van der Waals surface area contributed by atoms with Gasteiger partial charge in [-0.25, -0.2) is 9.97 Å². The van der Waals surface area contributed by atoms with Gasteiger partial charge in [-0.1, -0.05) is 0 Å². The Kier molecular flexibility index (Phi) is 3.36. The molecule has 4 N–H and O–H groups in total. The topological polar surface area (TPSA) is 120 Å². The van der Waals surface area contributed by atoms with Gasteiger partial charge in [-0.05, 0) is 24.3 Å². The molecule has 0 aliphatic carbocycles. The number of benzene rings is 1. The maximum Gasteiger partial charge on any atom is 0.180 e. The molecule has 0 radical (unpaired) electrons. The van der Waals surface area contributed by atoms with Crippen molar-refractivity contribution in [2.45, 2.75) is 0 Å². The minimum absolute atomic E-state index is 0.166. The molecule has 0 atom stereocenters. The monoisotopic (exact) mass is 358 g/mol. The molecule has 132 valence electrons. The van der Waals surface area contributed by atoms with Crippen molar-refractivity contribution in [3.8, 4) is 28.3 Å². The van der Waals surface area contributed by atoms with Crippen molar-refractivity contribution in [1.82, 2.24) is 34.8 Å². The molecular formula is C18H14N8O. The summed E-state index contributed by atoms with van der Waals surface area (Å²) in [6.07, 6.45) is 10.5. The van der Waals surface area contributed by atoms with Crippen LogP contribution in [0.25, 0.3) is 28.2 Å². The van der Waals surface area contributed by atoms with Gasteiger partial charge in [0.1, 0.15) is 5.75 Å². The van der Waals surface area contributed by atoms with Crippen molar-refractivity contribution in [3.05, 3.63) is 61.4 Å². The predicted octanol–water partition coefficient (Wildman–Crippen LogP) is 2.96. The molecule has 27 heavy (non-hydrogen) atoms. The van der Waals surface area contributed by atoms with Gasteiger partial charge in [-0.3, -0.25) is 14.6 Å². The molecule has 0 fully saturated rings. The van der Waals surface area contributed by atoms with Gasteiger partial charge in [0.15, 0.2) is 11.5 Å². The smallest absolute Gasteiger partial charge is 0.180 e. The number of hydrogen-bond acceptors (Lipinski definition) is 6. The largest absolute Gasteiger partial charge is 0.507 e. The molecule has 0 saturated heterocycles. The lowest BCUT2D eigenvalue weighted by atomic mass is 10.1. The van der Waals surface area contributed by atoms with Crippen LogP contribution >= 0.6 is 0 Å². The average molecular weight is 358 g/mol. The number of anilines is 2. The van der Waals surface area contributed by atoms with Crippen molar-refractivity contribution in [2.75, 3.05) is 5.32 Å². The quantitative estimate of drug-likeness (QED) is 0.367. The second-order valence-corrected chi connectivity index (χ2v) is 5.93. The van der Waals surface area contributed by atoms with E-state index in [1.807, 2.05) is 22.9 Å². The Labute approximate surface area is 152 Å². The van der Waals surface area contributed by atoms with Crippen LogP contribution in [0.1, 0.15) is 0 Å². The van der Waals surface area contributed by atoms with Crippen molar-refractivity contribution in [1.29, 1.82) is 0 Å². The predicted molar refractivity (Wildman–Crippen MR) is 99.5 cm³/mol. The van der Waals surface area contributed by atoms with E-state index < -0.39 is 0 Å². The number of rotatable bonds is 4. The molecular weight excluding hydrogens is 344 g/mol. The number of H-pyrrole nitrogens is 2. The summed E-state index contributed by atoms with van der Waals surface area (Å²) in [7, 11) is 0. The second kappa shape index (κ2) is 5.99. The summed E-state index contributed by atoms with van der Waals surface area (Å²) in [5.74, 6) is 0.771. The van der Waals surface area contributed by atoms with E-state index in [0.717, 1.165) is 22.6 Å². The van der Waals surface area contributed by atoms with Gasteiger partial charge >= 0.3 is 0 Å². The first-order valence-corrected chi connectivity index (χ1v) is 8.20. The fourth-order valence-electron chi connectivity index (χ4n) is 2.98. The molecule has 0 aliphatic heterocycles. The number of imidazole rings is 1. The Hall–Kier alpha value is -4.14. The number of phenolic OH excluding ortho intramolecular Hbond substituents is 1. The Bertz CT molecular complexity index is 1210. The van der Waals surface area contributed by atoms with Crippen LogP contribution < -0.4 is 5.32 Å². The molecule has 1 aromatic carbocycles. The van der Waals surface area contributed by atoms with Crippen LogP contribution in [-0.2, 0) is 0 Å². The van der Waals surface area contributed by atoms with Crippen LogP contribution in [0.15, 0.2) is 61.4 Å². The molecule has 5 rings (SSSR count). The molecule has 0 saturated carbocycles. The van der Waals surface area contributed by atoms with Crippen molar-refractivity contribution < 1.29 is 5.11 Å². The van der Waals surface area contributed by atoms with E-state index >= 15 is 0 Å². The number of phenols is 1. The van der Waals surface area contributed by atoms with Crippen LogP contribution in [0.2, 0.25) is 0 Å². The zero-order valence-corrected chi connectivity index (χ0v) is 14.0. The third kappa shape index (κ3) is 2.58. The van der Waals surface area contributed by atoms with Crippen LogP contribution in [0, 0.1) is 0 Å². The molecule has 0 aliphatic rings. The van der Waals surface area contributed by atoms with E-state index in [2.05, 4.69) is 35.7 Å². The average Bonchev–Trinajstić information content (AvgIpc) is 3.44. The summed E-state index contributed by atoms with van der Waals surface area (Å²) < 4.78 is 1.94. The Balaban J connectivity index is 1.55. The van der Waals surface area contributed by atoms with E-state index in [0.29, 0.717) is 17.0 Å². The van der Waals surface area contributed by atoms with Crippen molar-refractivity contribution >= 4 is 17.2 Å². The highest BCUT2D eigenvalue weighted by Crippen LogP contribution is 2.32. The van der Waals surface area contributed by atoms with Crippen LogP contribution in [-0.4, -0.2) is 39.9 Å². The third-order valence-electron chi connectivity index (χ3n) is 4.27. The number of aromatic nitrogens is 7. The van der Waals surface area contributed by atoms with E-state index in [1.165, 1.54) is 0 Å². The summed E-state index contributed by atoms with van der Waals surface area (Å²) in [5.41, 5.74) is 4.67. The Morgan fingerprint density at radius 1 is 1.04 bits per heavy atom. The van der Waals surface area contributed by atoms with E-state index in [9.17, 15) is 5.11 Å². The normalized spacial score (nSPS) is 11.1. The minimum Gasteiger partial charge on any atom is -0.507 e. The fourth-order valence-corrected chi connectivity index (χ4v) is 2.98. The number of nitrogens with one attached hydrogen (secondary N) is 3. The molecule has 9 heteroatoms. The molecule has 0 bridgehead atoms. The van der Waals surface area contributed by atoms with Gasteiger partial charge in [0, 0.05) is 41.6 Å². The summed E-state index contributed by atoms with van der Waals surface area (Å²) in [6.45, 7) is 0. The maximum absolute atomic E-state index is 10.1. The molecule has 9 nitrogen and oxygen atoms in total. The van der Waals surface area contributed by atoms with Crippen LogP contribution in [0.3, 0.4) is 0 Å². The van der Waals surface area contributed by atoms with Gasteiger partial charge in [-0.2, -0.15) is 10.2 Å². The highest BCUT2D eigenvalue weighted by molar-refractivity contribution is 5.77. The summed E-state index contributed by atoms with van der Waals surface area (Å²) in [6, 6.07) is 7.03. The fraction of sp³-hybridized carbons (Fsp3) is 0. The minimum atomic E-state index is 0.166. The third-order valence-corrected chi connectivity index (χ3v) is 4.27. The summed E-state index contributed by atoms with van der Waals surface area (Å²) in [4.78, 5) is 8.90. The highest BCUT2D eigenvalue weighted by atomic mass is 16.3. The van der Waals surface area contributed by atoms with Gasteiger partial charge < -0.3 is 10.4 Å². The number of hydrogen-bond donors (Lipinski definition) is 4. The Morgan fingerprint density at radius 2 is 2.00 bits per heavy atom. The van der Waals surface area contributed by atoms with Gasteiger partial charge in [0.05, 0.1) is 23.8 Å². The maximum atomic E-state index is 10.1. The van der Waals surface area contributed by atoms with Crippen molar-refractivity contribution in [3.63, 3.8) is 0 Å². The second-order valence-electron chi connectivity index (χ2n) is 5.93. The highest BCUT2D eigenvalue weighted by Gasteiger charge is 2.12. The van der Waals surface area contributed by atoms with E-state index in [4.69, 9.17) is 0 Å². The van der Waals surface area contributed by atoms with E-state index in [-0.39, 0.29) is 5.75 Å². The first kappa shape index (κ1) is 15.1. The summed E-state index contributed by atoms with van der Waals surface area (Å²) in [5, 5.41) is 27.0. The molecule has 4 aromatic heterocycles. The van der Waals surface area contributed by atoms with E-state index in [1.54, 1.807) is 43.0 Å². The lowest BCUT2D eigenvalue weighted by molar-refractivity contribution is 0.477. The molecule has 0 amide bonds. The first-order valence-electron chi connectivity index (χ1n) is 8.20. The number of nitrogens with zero attached hydrogens (tertiary/aromatic N) is 5. The molecule has 4 heterocycles. The Morgan fingerprint density at radius 3 is 2.81 bits per heavy atom. The van der Waals surface area contributed by atoms with Gasteiger partial charge in [-0.15, -0.1) is 0 Å². The number of aromatic hydroxyl groups is 1. The zero-order chi connectivity index (χ0) is 18.2. The summed E-state index contributed by atoms with van der Waals surface area (Å²) >= 11 is 0. The molecule has 5 aromatic rings. The molecule has 0 spiro atoms. The zero-order valence-electron chi connectivity index (χ0n) is 14.0. The molecule has 0 unspecified atom stereocenters. The standard InChI is InChI=1S/C18H14N8O/c27-16-2-1-12(7-13(16)14-3-4-21-25-14)24-17-18-20-10-15(11-8-22-23-9-11)26(18)6-5-19-17/h1-10,27H,(H,19,24)(H,21,25)(H,22,23).